The zero-order chi connectivity index (χ0) is 15.2. The fourth-order valence-electron chi connectivity index (χ4n) is 3.32. The Kier molecular flexibility index (Phi) is 5.62. The van der Waals surface area contributed by atoms with Crippen molar-refractivity contribution >= 4 is 11.7 Å². The summed E-state index contributed by atoms with van der Waals surface area (Å²) in [5.41, 5.74) is 7.91. The van der Waals surface area contributed by atoms with Gasteiger partial charge in [-0.1, -0.05) is 25.0 Å². The number of amides is 2. The molecule has 3 N–H and O–H groups in total. The fourth-order valence-corrected chi connectivity index (χ4v) is 3.32. The number of aryl methyl sites for hydroxylation is 1. The number of benzene rings is 1. The van der Waals surface area contributed by atoms with Crippen molar-refractivity contribution in [3.63, 3.8) is 0 Å². The molecule has 0 aliphatic heterocycles. The highest BCUT2D eigenvalue weighted by molar-refractivity contribution is 5.89. The van der Waals surface area contributed by atoms with Crippen molar-refractivity contribution in [2.24, 2.45) is 11.7 Å². The van der Waals surface area contributed by atoms with E-state index in [0.29, 0.717) is 12.5 Å². The molecule has 1 aliphatic carbocycles. The third-order valence-electron chi connectivity index (χ3n) is 4.44. The van der Waals surface area contributed by atoms with Crippen LogP contribution in [0.4, 0.5) is 10.5 Å². The van der Waals surface area contributed by atoms with E-state index in [9.17, 15) is 4.79 Å². The van der Waals surface area contributed by atoms with Crippen LogP contribution in [0, 0.1) is 12.8 Å². The molecule has 116 valence electrons. The van der Waals surface area contributed by atoms with Crippen molar-refractivity contribution in [1.82, 2.24) is 4.90 Å². The maximum absolute atomic E-state index is 12.6. The first kappa shape index (κ1) is 15.8. The van der Waals surface area contributed by atoms with E-state index in [1.807, 2.05) is 43.0 Å². The summed E-state index contributed by atoms with van der Waals surface area (Å²) in [6, 6.07) is 8.18. The maximum atomic E-state index is 12.6. The molecule has 21 heavy (non-hydrogen) atoms. The van der Waals surface area contributed by atoms with Gasteiger partial charge < -0.3 is 16.0 Å². The molecule has 0 bridgehead atoms. The number of nitrogens with two attached hydrogens (primary N) is 1. The smallest absolute Gasteiger partial charge is 0.322 e. The first-order valence-corrected chi connectivity index (χ1v) is 8.00. The highest BCUT2D eigenvalue weighted by atomic mass is 16.2. The van der Waals surface area contributed by atoms with Crippen molar-refractivity contribution in [3.05, 3.63) is 29.8 Å². The molecule has 0 aromatic heterocycles. The van der Waals surface area contributed by atoms with Crippen molar-refractivity contribution in [3.8, 4) is 0 Å². The Labute approximate surface area is 127 Å². The lowest BCUT2D eigenvalue weighted by Crippen LogP contribution is -2.49. The minimum Gasteiger partial charge on any atom is -0.330 e. The predicted octanol–water partition coefficient (Wildman–Crippen LogP) is 3.37. The number of rotatable bonds is 4. The first-order valence-electron chi connectivity index (χ1n) is 8.00. The van der Waals surface area contributed by atoms with Crippen LogP contribution in [0.15, 0.2) is 24.3 Å². The Morgan fingerprint density at radius 2 is 2.14 bits per heavy atom. The Hall–Kier alpha value is -1.55. The Morgan fingerprint density at radius 1 is 1.38 bits per heavy atom. The second kappa shape index (κ2) is 7.46. The third kappa shape index (κ3) is 3.97. The molecule has 0 saturated heterocycles. The highest BCUT2D eigenvalue weighted by Crippen LogP contribution is 2.28. The SMILES string of the molecule is CCN(C(=O)Nc1cccc(C)c1)C1CCCCC1CN. The van der Waals surface area contributed by atoms with E-state index in [2.05, 4.69) is 5.32 Å². The molecule has 2 atom stereocenters. The number of anilines is 1. The first-order chi connectivity index (χ1) is 10.2. The van der Waals surface area contributed by atoms with Crippen LogP contribution in [0.2, 0.25) is 0 Å². The summed E-state index contributed by atoms with van der Waals surface area (Å²) in [6.07, 6.45) is 4.62. The minimum absolute atomic E-state index is 0.00606. The van der Waals surface area contributed by atoms with Crippen molar-refractivity contribution in [2.45, 2.75) is 45.6 Å². The summed E-state index contributed by atoms with van der Waals surface area (Å²) in [5.74, 6) is 0.432. The van der Waals surface area contributed by atoms with Crippen LogP contribution in [0.1, 0.15) is 38.2 Å². The summed E-state index contributed by atoms with van der Waals surface area (Å²) in [6.45, 7) is 5.45. The van der Waals surface area contributed by atoms with Gasteiger partial charge in [-0.3, -0.25) is 0 Å². The van der Waals surface area contributed by atoms with Crippen LogP contribution >= 0.6 is 0 Å². The van der Waals surface area contributed by atoms with E-state index in [1.54, 1.807) is 0 Å². The minimum atomic E-state index is -0.00606. The van der Waals surface area contributed by atoms with Crippen LogP contribution < -0.4 is 11.1 Å². The molecule has 2 unspecified atom stereocenters. The molecule has 1 aromatic rings. The number of urea groups is 1. The van der Waals surface area contributed by atoms with Gasteiger partial charge in [0, 0.05) is 18.3 Å². The molecule has 1 aliphatic rings. The molecule has 4 nitrogen and oxygen atoms in total. The van der Waals surface area contributed by atoms with Crippen LogP contribution in [0.25, 0.3) is 0 Å². The van der Waals surface area contributed by atoms with E-state index in [4.69, 9.17) is 5.73 Å². The van der Waals surface area contributed by atoms with Crippen molar-refractivity contribution in [2.75, 3.05) is 18.4 Å². The molecule has 1 fully saturated rings. The molecule has 1 aromatic carbocycles. The van der Waals surface area contributed by atoms with Gasteiger partial charge in [0.1, 0.15) is 0 Å². The second-order valence-corrected chi connectivity index (χ2v) is 5.93. The number of hydrogen-bond donors (Lipinski definition) is 2. The summed E-state index contributed by atoms with van der Waals surface area (Å²) in [5, 5.41) is 3.02. The number of nitrogens with one attached hydrogen (secondary N) is 1. The Morgan fingerprint density at radius 3 is 2.81 bits per heavy atom. The van der Waals surface area contributed by atoms with Gasteiger partial charge in [0.25, 0.3) is 0 Å². The largest absolute Gasteiger partial charge is 0.330 e. The van der Waals surface area contributed by atoms with Crippen LogP contribution in [-0.2, 0) is 0 Å². The zero-order valence-corrected chi connectivity index (χ0v) is 13.1. The Balaban J connectivity index is 2.07. The molecule has 0 heterocycles. The van der Waals surface area contributed by atoms with E-state index in [0.717, 1.165) is 30.6 Å². The number of hydrogen-bond acceptors (Lipinski definition) is 2. The zero-order valence-electron chi connectivity index (χ0n) is 13.1. The van der Waals surface area contributed by atoms with Crippen LogP contribution in [0.5, 0.6) is 0 Å². The summed E-state index contributed by atoms with van der Waals surface area (Å²) >= 11 is 0. The quantitative estimate of drug-likeness (QED) is 0.893. The standard InChI is InChI=1S/C17H27N3O/c1-3-20(16-10-5-4-8-14(16)12-18)17(21)19-15-9-6-7-13(2)11-15/h6-7,9,11,14,16H,3-5,8,10,12,18H2,1-2H3,(H,19,21). The molecule has 0 spiro atoms. The van der Waals surface area contributed by atoms with E-state index in [1.165, 1.54) is 12.8 Å². The molecule has 4 heteroatoms. The molecular formula is C17H27N3O. The van der Waals surface area contributed by atoms with Gasteiger partial charge in [0.15, 0.2) is 0 Å². The topological polar surface area (TPSA) is 58.4 Å². The average Bonchev–Trinajstić information content (AvgIpc) is 2.48. The normalized spacial score (nSPS) is 21.9. The van der Waals surface area contributed by atoms with Gasteiger partial charge >= 0.3 is 6.03 Å². The molecule has 2 rings (SSSR count). The van der Waals surface area contributed by atoms with Gasteiger partial charge in [-0.05, 0) is 56.8 Å². The number of carbonyl (C=O) groups excluding carboxylic acids is 1. The predicted molar refractivity (Wildman–Crippen MR) is 87.4 cm³/mol. The van der Waals surface area contributed by atoms with Gasteiger partial charge in [0.05, 0.1) is 0 Å². The average molecular weight is 289 g/mol. The number of carbonyl (C=O) groups is 1. The Bertz CT molecular complexity index is 475. The second-order valence-electron chi connectivity index (χ2n) is 5.93. The van der Waals surface area contributed by atoms with Gasteiger partial charge in [-0.2, -0.15) is 0 Å². The van der Waals surface area contributed by atoms with Gasteiger partial charge in [-0.25, -0.2) is 4.79 Å². The van der Waals surface area contributed by atoms with Crippen molar-refractivity contribution < 1.29 is 4.79 Å². The fraction of sp³-hybridized carbons (Fsp3) is 0.588. The van der Waals surface area contributed by atoms with E-state index < -0.39 is 0 Å². The van der Waals surface area contributed by atoms with Crippen LogP contribution in [0.3, 0.4) is 0 Å². The van der Waals surface area contributed by atoms with Crippen LogP contribution in [-0.4, -0.2) is 30.1 Å². The lowest BCUT2D eigenvalue weighted by molar-refractivity contribution is 0.135. The molecule has 1 saturated carbocycles. The third-order valence-corrected chi connectivity index (χ3v) is 4.44. The van der Waals surface area contributed by atoms with Gasteiger partial charge in [0.2, 0.25) is 0 Å². The van der Waals surface area contributed by atoms with Crippen molar-refractivity contribution in [1.29, 1.82) is 0 Å². The molecular weight excluding hydrogens is 262 g/mol. The summed E-state index contributed by atoms with van der Waals surface area (Å²) in [7, 11) is 0. The summed E-state index contributed by atoms with van der Waals surface area (Å²) in [4.78, 5) is 14.5. The monoisotopic (exact) mass is 289 g/mol. The highest BCUT2D eigenvalue weighted by Gasteiger charge is 2.31. The lowest BCUT2D eigenvalue weighted by Gasteiger charge is -2.39. The maximum Gasteiger partial charge on any atom is 0.322 e. The van der Waals surface area contributed by atoms with E-state index in [-0.39, 0.29) is 12.1 Å². The molecule has 2 amide bonds. The van der Waals surface area contributed by atoms with E-state index >= 15 is 0 Å². The lowest BCUT2D eigenvalue weighted by atomic mass is 9.83. The molecule has 0 radical (unpaired) electrons. The summed E-state index contributed by atoms with van der Waals surface area (Å²) < 4.78 is 0. The van der Waals surface area contributed by atoms with Gasteiger partial charge in [-0.15, -0.1) is 0 Å². The number of nitrogens with zero attached hydrogens (tertiary/aromatic N) is 1.